The van der Waals surface area contributed by atoms with Gasteiger partial charge in [0.25, 0.3) is 9.05 Å². The Hall–Kier alpha value is -1.09. The summed E-state index contributed by atoms with van der Waals surface area (Å²) in [7, 11) is 0.453. The van der Waals surface area contributed by atoms with Crippen molar-refractivity contribution in [2.45, 2.75) is 17.7 Å². The highest BCUT2D eigenvalue weighted by Crippen LogP contribution is 2.38. The first kappa shape index (κ1) is 15.0. The minimum Gasteiger partial charge on any atom is -0.434 e. The molecule has 102 valence electrons. The van der Waals surface area contributed by atoms with Gasteiger partial charge in [-0.15, -0.1) is 0 Å². The summed E-state index contributed by atoms with van der Waals surface area (Å²) in [5, 5.41) is 0. The number of ether oxygens (including phenoxy) is 1. The van der Waals surface area contributed by atoms with Crippen molar-refractivity contribution in [3.8, 4) is 5.75 Å². The van der Waals surface area contributed by atoms with Crippen LogP contribution in [0.1, 0.15) is 5.56 Å². The van der Waals surface area contributed by atoms with Crippen molar-refractivity contribution in [1.29, 1.82) is 0 Å². The smallest absolute Gasteiger partial charge is 0.420 e. The first-order valence-corrected chi connectivity index (χ1v) is 6.43. The van der Waals surface area contributed by atoms with Gasteiger partial charge in [0.2, 0.25) is 0 Å². The van der Waals surface area contributed by atoms with E-state index in [4.69, 9.17) is 10.7 Å². The van der Waals surface area contributed by atoms with Crippen LogP contribution in [0.3, 0.4) is 0 Å². The number of hydrogen-bond donors (Lipinski definition) is 0. The second kappa shape index (κ2) is 4.88. The Balaban J connectivity index is 3.39. The van der Waals surface area contributed by atoms with Crippen LogP contribution in [-0.2, 0) is 15.2 Å². The van der Waals surface area contributed by atoms with Gasteiger partial charge in [0.1, 0.15) is 5.75 Å². The third-order valence-corrected chi connectivity index (χ3v) is 3.11. The molecule has 1 aromatic carbocycles. The van der Waals surface area contributed by atoms with E-state index in [0.717, 1.165) is 0 Å². The Morgan fingerprint density at radius 1 is 1.22 bits per heavy atom. The van der Waals surface area contributed by atoms with Gasteiger partial charge in [0, 0.05) is 10.7 Å². The highest BCUT2D eigenvalue weighted by atomic mass is 35.7. The number of halogens is 6. The zero-order chi connectivity index (χ0) is 14.1. The third kappa shape index (κ3) is 3.70. The first-order chi connectivity index (χ1) is 8.01. The van der Waals surface area contributed by atoms with Crippen molar-refractivity contribution in [2.24, 2.45) is 0 Å². The lowest BCUT2D eigenvalue weighted by Crippen LogP contribution is -2.12. The molecule has 0 atom stereocenters. The zero-order valence-corrected chi connectivity index (χ0v) is 9.78. The lowest BCUT2D eigenvalue weighted by Gasteiger charge is -2.13. The Bertz CT molecular complexity index is 540. The Morgan fingerprint density at radius 3 is 2.17 bits per heavy atom. The van der Waals surface area contributed by atoms with Crippen LogP contribution >= 0.6 is 10.7 Å². The molecule has 1 rings (SSSR count). The Kier molecular flexibility index (Phi) is 4.06. The number of hydrogen-bond acceptors (Lipinski definition) is 3. The van der Waals surface area contributed by atoms with Crippen molar-refractivity contribution in [2.75, 3.05) is 0 Å². The molecule has 0 saturated heterocycles. The van der Waals surface area contributed by atoms with Crippen molar-refractivity contribution >= 4 is 19.7 Å². The van der Waals surface area contributed by atoms with Gasteiger partial charge in [-0.2, -0.15) is 22.0 Å². The monoisotopic (exact) mass is 310 g/mol. The summed E-state index contributed by atoms with van der Waals surface area (Å²) < 4.78 is 86.6. The molecule has 3 nitrogen and oxygen atoms in total. The Morgan fingerprint density at radius 2 is 1.78 bits per heavy atom. The number of rotatable bonds is 3. The van der Waals surface area contributed by atoms with Crippen LogP contribution in [0.4, 0.5) is 22.0 Å². The molecule has 0 saturated carbocycles. The molecule has 0 amide bonds. The maximum Gasteiger partial charge on any atom is 0.420 e. The zero-order valence-electron chi connectivity index (χ0n) is 8.21. The van der Waals surface area contributed by atoms with Crippen molar-refractivity contribution < 1.29 is 35.1 Å². The molecule has 0 aliphatic heterocycles. The second-order valence-electron chi connectivity index (χ2n) is 2.97. The molecule has 0 radical (unpaired) electrons. The molecular formula is C8H4ClF5O3S. The van der Waals surface area contributed by atoms with Gasteiger partial charge in [-0.3, -0.25) is 0 Å². The van der Waals surface area contributed by atoms with E-state index in [1.807, 2.05) is 0 Å². The highest BCUT2D eigenvalue weighted by Gasteiger charge is 2.36. The quantitative estimate of drug-likeness (QED) is 0.636. The van der Waals surface area contributed by atoms with Crippen LogP contribution < -0.4 is 4.74 Å². The molecule has 0 aromatic heterocycles. The lowest BCUT2D eigenvalue weighted by molar-refractivity contribution is -0.142. The van der Waals surface area contributed by atoms with Gasteiger partial charge in [-0.25, -0.2) is 8.42 Å². The molecule has 0 unspecified atom stereocenters. The van der Waals surface area contributed by atoms with Crippen LogP contribution in [0.5, 0.6) is 5.75 Å². The van der Waals surface area contributed by atoms with Gasteiger partial charge >= 0.3 is 12.8 Å². The largest absolute Gasteiger partial charge is 0.434 e. The fourth-order valence-corrected chi connectivity index (χ4v) is 1.86. The van der Waals surface area contributed by atoms with Gasteiger partial charge in [0.05, 0.1) is 10.5 Å². The van der Waals surface area contributed by atoms with Crippen LogP contribution in [0.15, 0.2) is 23.1 Å². The van der Waals surface area contributed by atoms with Crippen LogP contribution in [0.25, 0.3) is 0 Å². The predicted molar refractivity (Wildman–Crippen MR) is 51.1 cm³/mol. The topological polar surface area (TPSA) is 43.4 Å². The molecule has 0 bridgehead atoms. The fraction of sp³-hybridized carbons (Fsp3) is 0.250. The number of alkyl halides is 5. The molecule has 0 heterocycles. The third-order valence-electron chi connectivity index (χ3n) is 1.75. The van der Waals surface area contributed by atoms with E-state index >= 15 is 0 Å². The molecule has 0 fully saturated rings. The highest BCUT2D eigenvalue weighted by molar-refractivity contribution is 8.13. The van der Waals surface area contributed by atoms with E-state index in [9.17, 15) is 30.4 Å². The van der Waals surface area contributed by atoms with Crippen molar-refractivity contribution in [3.05, 3.63) is 23.8 Å². The normalized spacial score (nSPS) is 12.8. The van der Waals surface area contributed by atoms with E-state index in [2.05, 4.69) is 4.74 Å². The van der Waals surface area contributed by atoms with Gasteiger partial charge in [-0.05, 0) is 18.2 Å². The maximum atomic E-state index is 12.5. The SMILES string of the molecule is O=S(=O)(Cl)c1ccc(OC(F)F)c(C(F)(F)F)c1. The predicted octanol–water partition coefficient (Wildman–Crippen LogP) is 3.23. The summed E-state index contributed by atoms with van der Waals surface area (Å²) in [5.41, 5.74) is -1.65. The maximum absolute atomic E-state index is 12.5. The average molecular weight is 311 g/mol. The fourth-order valence-electron chi connectivity index (χ4n) is 1.08. The summed E-state index contributed by atoms with van der Waals surface area (Å²) in [6.45, 7) is -3.47. The van der Waals surface area contributed by atoms with E-state index in [-0.39, 0.29) is 6.07 Å². The second-order valence-corrected chi connectivity index (χ2v) is 5.54. The summed E-state index contributed by atoms with van der Waals surface area (Å²) in [5.74, 6) is -1.18. The molecule has 1 aromatic rings. The van der Waals surface area contributed by atoms with E-state index in [1.54, 1.807) is 0 Å². The molecule has 10 heteroatoms. The summed E-state index contributed by atoms with van der Waals surface area (Å²) in [6.07, 6.45) is -5.05. The minimum atomic E-state index is -5.05. The standard InChI is InChI=1S/C8H4ClF5O3S/c9-18(15,16)4-1-2-6(17-7(10)11)5(3-4)8(12,13)14/h1-3,7H. The van der Waals surface area contributed by atoms with Crippen LogP contribution in [0, 0.1) is 0 Å². The van der Waals surface area contributed by atoms with Crippen molar-refractivity contribution in [1.82, 2.24) is 0 Å². The lowest BCUT2D eigenvalue weighted by atomic mass is 10.2. The Labute approximate surface area is 103 Å². The average Bonchev–Trinajstić information content (AvgIpc) is 2.13. The van der Waals surface area contributed by atoms with Crippen LogP contribution in [-0.4, -0.2) is 15.0 Å². The van der Waals surface area contributed by atoms with Crippen LogP contribution in [0.2, 0.25) is 0 Å². The molecule has 0 aliphatic carbocycles. The minimum absolute atomic E-state index is 0.125. The summed E-state index contributed by atoms with van der Waals surface area (Å²) in [4.78, 5) is -0.863. The van der Waals surface area contributed by atoms with Gasteiger partial charge in [0.15, 0.2) is 0 Å². The molecule has 18 heavy (non-hydrogen) atoms. The molecular weight excluding hydrogens is 307 g/mol. The van der Waals surface area contributed by atoms with E-state index in [1.165, 1.54) is 0 Å². The van der Waals surface area contributed by atoms with Crippen molar-refractivity contribution in [3.63, 3.8) is 0 Å². The summed E-state index contributed by atoms with van der Waals surface area (Å²) in [6, 6.07) is 1.22. The molecule has 0 aliphatic rings. The van der Waals surface area contributed by atoms with E-state index in [0.29, 0.717) is 12.1 Å². The summed E-state index contributed by atoms with van der Waals surface area (Å²) >= 11 is 0. The molecule has 0 N–H and O–H groups in total. The first-order valence-electron chi connectivity index (χ1n) is 4.12. The van der Waals surface area contributed by atoms with Gasteiger partial charge in [-0.1, -0.05) is 0 Å². The van der Waals surface area contributed by atoms with Gasteiger partial charge < -0.3 is 4.74 Å². The van der Waals surface area contributed by atoms with E-state index < -0.39 is 38.0 Å². The molecule has 0 spiro atoms. The number of benzene rings is 1.